The SMILES string of the molecule is COc1ccc2cc1OCCCNC(=O)c1cc(ccc1O)Oc1ccc3c(c1)CCN(C(=O)c1cnc4ccccc4c1)C23. The fraction of sp³-hybridized carbons (Fsp3) is 0.194. The molecule has 9 heteroatoms. The largest absolute Gasteiger partial charge is 0.507 e. The number of benzene rings is 4. The Morgan fingerprint density at radius 3 is 2.76 bits per heavy atom. The second-order valence-corrected chi connectivity index (χ2v) is 11.1. The summed E-state index contributed by atoms with van der Waals surface area (Å²) in [5, 5.41) is 14.1. The number of nitrogens with zero attached hydrogens (tertiary/aromatic N) is 2. The van der Waals surface area contributed by atoms with Crippen LogP contribution in [0.3, 0.4) is 0 Å². The number of hydrogen-bond donors (Lipinski definition) is 2. The van der Waals surface area contributed by atoms with E-state index in [-0.39, 0.29) is 17.2 Å². The molecule has 1 unspecified atom stereocenters. The van der Waals surface area contributed by atoms with Crippen LogP contribution in [0.4, 0.5) is 0 Å². The highest BCUT2D eigenvalue weighted by Gasteiger charge is 2.34. The summed E-state index contributed by atoms with van der Waals surface area (Å²) in [5.41, 5.74) is 4.36. The Morgan fingerprint density at radius 2 is 1.87 bits per heavy atom. The molecule has 0 radical (unpaired) electrons. The lowest BCUT2D eigenvalue weighted by atomic mass is 9.87. The summed E-state index contributed by atoms with van der Waals surface area (Å²) in [6.45, 7) is 1.12. The first-order valence-corrected chi connectivity index (χ1v) is 14.9. The van der Waals surface area contributed by atoms with Crippen LogP contribution < -0.4 is 19.5 Å². The molecule has 3 aliphatic heterocycles. The standard InChI is InChI=1S/C36H31N3O6/c1-43-32-12-7-24-19-33(32)44-16-4-14-37-35(41)29-20-27(9-11-31(29)40)45-26-8-10-28-22(18-26)13-15-39(34(24)28)36(42)25-17-23-5-2-3-6-30(23)38-21-25/h2-3,5-12,17-21,34,40H,4,13-16H2,1H3,(H,37,41). The number of ether oxygens (including phenoxy) is 3. The van der Waals surface area contributed by atoms with E-state index in [0.29, 0.717) is 61.1 Å². The maximum Gasteiger partial charge on any atom is 0.256 e. The van der Waals surface area contributed by atoms with Gasteiger partial charge in [0.15, 0.2) is 11.5 Å². The van der Waals surface area contributed by atoms with Gasteiger partial charge in [0.25, 0.3) is 11.8 Å². The van der Waals surface area contributed by atoms with Crippen LogP contribution in [0.5, 0.6) is 28.7 Å². The van der Waals surface area contributed by atoms with Crippen molar-refractivity contribution >= 4 is 22.7 Å². The van der Waals surface area contributed by atoms with Gasteiger partial charge in [0.1, 0.15) is 17.2 Å². The van der Waals surface area contributed by atoms with Crippen molar-refractivity contribution in [2.75, 3.05) is 26.8 Å². The van der Waals surface area contributed by atoms with E-state index >= 15 is 0 Å². The molecule has 1 aromatic heterocycles. The molecule has 0 aliphatic carbocycles. The van der Waals surface area contributed by atoms with E-state index in [4.69, 9.17) is 14.2 Å². The van der Waals surface area contributed by atoms with Crippen molar-refractivity contribution in [2.24, 2.45) is 0 Å². The number of aromatic hydroxyl groups is 1. The monoisotopic (exact) mass is 601 g/mol. The molecule has 1 atom stereocenters. The average molecular weight is 602 g/mol. The number of para-hydroxylation sites is 1. The van der Waals surface area contributed by atoms with Crippen molar-refractivity contribution in [3.63, 3.8) is 0 Å². The van der Waals surface area contributed by atoms with Crippen LogP contribution in [-0.4, -0.2) is 53.6 Å². The first-order chi connectivity index (χ1) is 22.0. The van der Waals surface area contributed by atoms with Crippen LogP contribution in [0.1, 0.15) is 49.9 Å². The van der Waals surface area contributed by atoms with Gasteiger partial charge in [-0.25, -0.2) is 0 Å². The number of hydrogen-bond acceptors (Lipinski definition) is 7. The number of carbonyl (C=O) groups is 2. The van der Waals surface area contributed by atoms with E-state index in [1.54, 1.807) is 19.4 Å². The van der Waals surface area contributed by atoms with Gasteiger partial charge in [0, 0.05) is 24.7 Å². The normalized spacial score (nSPS) is 16.2. The highest BCUT2D eigenvalue weighted by atomic mass is 16.5. The molecule has 0 spiro atoms. The summed E-state index contributed by atoms with van der Waals surface area (Å²) in [5.74, 6) is 1.47. The van der Waals surface area contributed by atoms with Crippen LogP contribution >= 0.6 is 0 Å². The van der Waals surface area contributed by atoms with Crippen molar-refractivity contribution < 1.29 is 28.9 Å². The molecule has 3 aliphatic rings. The minimum Gasteiger partial charge on any atom is -0.507 e. The molecule has 2 amide bonds. The third-order valence-electron chi connectivity index (χ3n) is 8.26. The van der Waals surface area contributed by atoms with E-state index in [9.17, 15) is 14.7 Å². The Kier molecular flexibility index (Phi) is 7.42. The molecule has 4 heterocycles. The van der Waals surface area contributed by atoms with Gasteiger partial charge in [0.2, 0.25) is 0 Å². The predicted octanol–water partition coefficient (Wildman–Crippen LogP) is 6.04. The maximum absolute atomic E-state index is 14.2. The van der Waals surface area contributed by atoms with Crippen molar-refractivity contribution in [1.29, 1.82) is 0 Å². The highest BCUT2D eigenvalue weighted by molar-refractivity contribution is 5.98. The second-order valence-electron chi connectivity index (χ2n) is 11.1. The zero-order valence-electron chi connectivity index (χ0n) is 24.7. The smallest absolute Gasteiger partial charge is 0.256 e. The van der Waals surface area contributed by atoms with Crippen molar-refractivity contribution in [2.45, 2.75) is 18.9 Å². The summed E-state index contributed by atoms with van der Waals surface area (Å²) in [7, 11) is 1.58. The van der Waals surface area contributed by atoms with Crippen LogP contribution in [-0.2, 0) is 6.42 Å². The van der Waals surface area contributed by atoms with E-state index in [0.717, 1.165) is 27.6 Å². The number of methoxy groups -OCH3 is 1. The maximum atomic E-state index is 14.2. The van der Waals surface area contributed by atoms with Crippen LogP contribution in [0, 0.1) is 0 Å². The van der Waals surface area contributed by atoms with Gasteiger partial charge in [-0.2, -0.15) is 0 Å². The van der Waals surface area contributed by atoms with Gasteiger partial charge in [-0.3, -0.25) is 14.6 Å². The zero-order valence-corrected chi connectivity index (χ0v) is 24.7. The van der Waals surface area contributed by atoms with Crippen LogP contribution in [0.15, 0.2) is 91.1 Å². The van der Waals surface area contributed by atoms with Crippen LogP contribution in [0.2, 0.25) is 0 Å². The Balaban J connectivity index is 1.33. The molecule has 4 aromatic carbocycles. The lowest BCUT2D eigenvalue weighted by Crippen LogP contribution is -2.40. The number of amides is 2. The summed E-state index contributed by atoms with van der Waals surface area (Å²) >= 11 is 0. The number of nitrogens with one attached hydrogen (secondary N) is 1. The fourth-order valence-electron chi connectivity index (χ4n) is 6.02. The first-order valence-electron chi connectivity index (χ1n) is 14.9. The molecule has 2 N–H and O–H groups in total. The quantitative estimate of drug-likeness (QED) is 0.254. The van der Waals surface area contributed by atoms with E-state index in [2.05, 4.69) is 10.3 Å². The number of phenols is 1. The Bertz CT molecular complexity index is 1940. The number of fused-ring (bicyclic) bond motifs is 7. The predicted molar refractivity (Wildman–Crippen MR) is 168 cm³/mol. The summed E-state index contributed by atoms with van der Waals surface area (Å²) in [6.07, 6.45) is 2.77. The topological polar surface area (TPSA) is 110 Å². The third-order valence-corrected chi connectivity index (χ3v) is 8.26. The second kappa shape index (κ2) is 11.8. The molecule has 8 rings (SSSR count). The minimum atomic E-state index is -0.409. The number of pyridine rings is 1. The van der Waals surface area contributed by atoms with Crippen molar-refractivity contribution in [1.82, 2.24) is 15.2 Å². The van der Waals surface area contributed by atoms with Crippen LogP contribution in [0.25, 0.3) is 10.9 Å². The number of rotatable bonds is 2. The molecule has 0 fully saturated rings. The van der Waals surface area contributed by atoms with Gasteiger partial charge in [-0.1, -0.05) is 30.3 Å². The molecule has 8 bridgehead atoms. The molecule has 9 nitrogen and oxygen atoms in total. The van der Waals surface area contributed by atoms with Gasteiger partial charge >= 0.3 is 0 Å². The van der Waals surface area contributed by atoms with Gasteiger partial charge in [-0.05, 0) is 84.1 Å². The summed E-state index contributed by atoms with van der Waals surface area (Å²) < 4.78 is 17.9. The summed E-state index contributed by atoms with van der Waals surface area (Å²) in [4.78, 5) is 33.5. The Morgan fingerprint density at radius 1 is 1.02 bits per heavy atom. The van der Waals surface area contributed by atoms with Crippen molar-refractivity contribution in [3.8, 4) is 28.7 Å². The molecule has 226 valence electrons. The molecule has 5 aromatic rings. The third kappa shape index (κ3) is 5.48. The van der Waals surface area contributed by atoms with Gasteiger partial charge in [0.05, 0.1) is 36.4 Å². The number of phenolic OH excluding ortho intramolecular Hbond substituents is 1. The van der Waals surface area contributed by atoms with Gasteiger partial charge < -0.3 is 29.5 Å². The van der Waals surface area contributed by atoms with E-state index in [1.165, 1.54) is 12.1 Å². The Hall–Kier alpha value is -5.57. The first kappa shape index (κ1) is 28.2. The van der Waals surface area contributed by atoms with E-state index in [1.807, 2.05) is 71.6 Å². The lowest BCUT2D eigenvalue weighted by Gasteiger charge is -2.38. The molecule has 45 heavy (non-hydrogen) atoms. The molecule has 0 saturated heterocycles. The fourth-order valence-corrected chi connectivity index (χ4v) is 6.02. The summed E-state index contributed by atoms with van der Waals surface area (Å²) in [6, 6.07) is 25.4. The molecular formula is C36H31N3O6. The lowest BCUT2D eigenvalue weighted by molar-refractivity contribution is 0.0693. The average Bonchev–Trinajstić information content (AvgIpc) is 3.07. The number of aromatic nitrogens is 1. The molecular weight excluding hydrogens is 570 g/mol. The minimum absolute atomic E-state index is 0.114. The van der Waals surface area contributed by atoms with E-state index < -0.39 is 11.9 Å². The Labute approximate surface area is 260 Å². The molecule has 0 saturated carbocycles. The number of carbonyl (C=O) groups excluding carboxylic acids is 2. The highest BCUT2D eigenvalue weighted by Crippen LogP contribution is 2.41. The zero-order chi connectivity index (χ0) is 30.9. The van der Waals surface area contributed by atoms with Gasteiger partial charge in [-0.15, -0.1) is 0 Å². The van der Waals surface area contributed by atoms with Crippen molar-refractivity contribution in [3.05, 3.63) is 119 Å².